The third-order valence-electron chi connectivity index (χ3n) is 5.53. The molecule has 3 aromatic heterocycles. The van der Waals surface area contributed by atoms with Gasteiger partial charge in [0, 0.05) is 25.8 Å². The molecule has 1 N–H and O–H groups in total. The number of nitrogens with one attached hydrogen (secondary N) is 1. The topological polar surface area (TPSA) is 71.3 Å². The molecule has 4 heterocycles. The van der Waals surface area contributed by atoms with Gasteiger partial charge in [0.2, 0.25) is 0 Å². The molecule has 31 heavy (non-hydrogen) atoms. The number of furan rings is 1. The SMILES string of the molecule is O=C(NCc1ccc(N2CCCCCC2)nc1)c1ccc(-c2nc3ccccc3s2)o1. The molecule has 0 saturated carbocycles. The van der Waals surface area contributed by atoms with Crippen molar-refractivity contribution in [1.82, 2.24) is 15.3 Å². The first kappa shape index (κ1) is 19.8. The Labute approximate surface area is 184 Å². The zero-order chi connectivity index (χ0) is 21.0. The normalized spacial score (nSPS) is 14.5. The standard InChI is InChI=1S/C24H24N4O2S/c29-23(19-10-11-20(30-19)24-27-18-7-3-4-8-21(18)31-24)26-16-17-9-12-22(25-15-17)28-13-5-1-2-6-14-28/h3-4,7-12,15H,1-2,5-6,13-14,16H2,(H,26,29). The minimum absolute atomic E-state index is 0.246. The van der Waals surface area contributed by atoms with E-state index < -0.39 is 0 Å². The van der Waals surface area contributed by atoms with Gasteiger partial charge in [-0.1, -0.05) is 31.0 Å². The van der Waals surface area contributed by atoms with Crippen LogP contribution < -0.4 is 10.2 Å². The quantitative estimate of drug-likeness (QED) is 0.466. The summed E-state index contributed by atoms with van der Waals surface area (Å²) >= 11 is 1.55. The summed E-state index contributed by atoms with van der Waals surface area (Å²) in [5.41, 5.74) is 1.89. The lowest BCUT2D eigenvalue weighted by Gasteiger charge is -2.21. The molecule has 0 unspecified atom stereocenters. The van der Waals surface area contributed by atoms with Crippen molar-refractivity contribution in [2.75, 3.05) is 18.0 Å². The van der Waals surface area contributed by atoms with Crippen molar-refractivity contribution in [2.24, 2.45) is 0 Å². The second kappa shape index (κ2) is 8.89. The Kier molecular flexibility index (Phi) is 5.67. The van der Waals surface area contributed by atoms with E-state index in [1.54, 1.807) is 23.5 Å². The first-order chi connectivity index (χ1) is 15.3. The van der Waals surface area contributed by atoms with Crippen molar-refractivity contribution in [3.63, 3.8) is 0 Å². The molecule has 6 nitrogen and oxygen atoms in total. The molecule has 0 aliphatic carbocycles. The van der Waals surface area contributed by atoms with Gasteiger partial charge in [0.15, 0.2) is 16.5 Å². The Bertz CT molecular complexity index is 1140. The van der Waals surface area contributed by atoms with Crippen LogP contribution in [0.4, 0.5) is 5.82 Å². The number of anilines is 1. The highest BCUT2D eigenvalue weighted by molar-refractivity contribution is 7.21. The van der Waals surface area contributed by atoms with E-state index in [9.17, 15) is 4.79 Å². The van der Waals surface area contributed by atoms with Gasteiger partial charge in [-0.2, -0.15) is 0 Å². The summed E-state index contributed by atoms with van der Waals surface area (Å²) in [6, 6.07) is 15.5. The zero-order valence-electron chi connectivity index (χ0n) is 17.2. The fourth-order valence-electron chi connectivity index (χ4n) is 3.83. The number of thiazole rings is 1. The Balaban J connectivity index is 1.21. The first-order valence-corrected chi connectivity index (χ1v) is 11.5. The van der Waals surface area contributed by atoms with Crippen molar-refractivity contribution in [3.05, 3.63) is 66.1 Å². The Hall–Kier alpha value is -3.19. The number of pyridine rings is 1. The van der Waals surface area contributed by atoms with Gasteiger partial charge in [-0.05, 0) is 48.7 Å². The van der Waals surface area contributed by atoms with Gasteiger partial charge in [0.25, 0.3) is 5.91 Å². The van der Waals surface area contributed by atoms with Crippen LogP contribution in [0.15, 0.2) is 59.1 Å². The highest BCUT2D eigenvalue weighted by Crippen LogP contribution is 2.31. The minimum atomic E-state index is -0.246. The maximum Gasteiger partial charge on any atom is 0.287 e. The van der Waals surface area contributed by atoms with E-state index in [0.29, 0.717) is 12.3 Å². The highest BCUT2D eigenvalue weighted by atomic mass is 32.1. The number of hydrogen-bond donors (Lipinski definition) is 1. The molecule has 1 aromatic carbocycles. The van der Waals surface area contributed by atoms with Crippen molar-refractivity contribution >= 4 is 33.3 Å². The van der Waals surface area contributed by atoms with E-state index in [0.717, 1.165) is 39.7 Å². The molecule has 0 atom stereocenters. The van der Waals surface area contributed by atoms with Gasteiger partial charge in [0.05, 0.1) is 10.2 Å². The number of rotatable bonds is 5. The third-order valence-corrected chi connectivity index (χ3v) is 6.58. The molecule has 4 aromatic rings. The molecule has 7 heteroatoms. The monoisotopic (exact) mass is 432 g/mol. The number of aromatic nitrogens is 2. The molecule has 0 radical (unpaired) electrons. The van der Waals surface area contributed by atoms with Crippen LogP contribution in [-0.4, -0.2) is 29.0 Å². The summed E-state index contributed by atoms with van der Waals surface area (Å²) in [5, 5.41) is 3.68. The van der Waals surface area contributed by atoms with Crippen LogP contribution >= 0.6 is 11.3 Å². The van der Waals surface area contributed by atoms with Crippen LogP contribution in [0, 0.1) is 0 Å². The number of fused-ring (bicyclic) bond motifs is 1. The van der Waals surface area contributed by atoms with Gasteiger partial charge < -0.3 is 14.6 Å². The fraction of sp³-hybridized carbons (Fsp3) is 0.292. The molecule has 0 spiro atoms. The molecular weight excluding hydrogens is 408 g/mol. The number of hydrogen-bond acceptors (Lipinski definition) is 6. The second-order valence-corrected chi connectivity index (χ2v) is 8.79. The predicted octanol–water partition coefficient (Wildman–Crippen LogP) is 5.26. The number of carbonyl (C=O) groups is 1. The number of carbonyl (C=O) groups excluding carboxylic acids is 1. The summed E-state index contributed by atoms with van der Waals surface area (Å²) < 4.78 is 6.87. The van der Waals surface area contributed by atoms with E-state index in [4.69, 9.17) is 4.42 Å². The summed E-state index contributed by atoms with van der Waals surface area (Å²) in [4.78, 5) is 24.1. The van der Waals surface area contributed by atoms with Gasteiger partial charge in [-0.3, -0.25) is 4.79 Å². The van der Waals surface area contributed by atoms with Crippen LogP contribution in [-0.2, 0) is 6.54 Å². The summed E-state index contributed by atoms with van der Waals surface area (Å²) in [7, 11) is 0. The molecule has 1 fully saturated rings. The molecule has 1 saturated heterocycles. The molecule has 158 valence electrons. The fourth-order valence-corrected chi connectivity index (χ4v) is 4.76. The first-order valence-electron chi connectivity index (χ1n) is 10.7. The van der Waals surface area contributed by atoms with E-state index in [1.165, 1.54) is 25.7 Å². The van der Waals surface area contributed by atoms with Crippen LogP contribution in [0.3, 0.4) is 0 Å². The van der Waals surface area contributed by atoms with Crippen LogP contribution in [0.2, 0.25) is 0 Å². The number of amides is 1. The van der Waals surface area contributed by atoms with E-state index in [2.05, 4.69) is 20.2 Å². The number of para-hydroxylation sites is 1. The number of benzene rings is 1. The lowest BCUT2D eigenvalue weighted by atomic mass is 10.2. The van der Waals surface area contributed by atoms with E-state index in [-0.39, 0.29) is 11.7 Å². The van der Waals surface area contributed by atoms with Crippen LogP contribution in [0.25, 0.3) is 21.0 Å². The average molecular weight is 433 g/mol. The van der Waals surface area contributed by atoms with Crippen molar-refractivity contribution in [2.45, 2.75) is 32.2 Å². The molecule has 0 bridgehead atoms. The Morgan fingerprint density at radius 3 is 2.65 bits per heavy atom. The van der Waals surface area contributed by atoms with Gasteiger partial charge >= 0.3 is 0 Å². The van der Waals surface area contributed by atoms with Crippen molar-refractivity contribution in [3.8, 4) is 10.8 Å². The minimum Gasteiger partial charge on any atom is -0.448 e. The summed E-state index contributed by atoms with van der Waals surface area (Å²) in [6.07, 6.45) is 6.89. The molecule has 5 rings (SSSR count). The average Bonchev–Trinajstić information content (AvgIpc) is 3.38. The van der Waals surface area contributed by atoms with E-state index in [1.807, 2.05) is 42.6 Å². The van der Waals surface area contributed by atoms with Gasteiger partial charge in [-0.15, -0.1) is 11.3 Å². The Morgan fingerprint density at radius 1 is 1.03 bits per heavy atom. The largest absolute Gasteiger partial charge is 0.448 e. The molecule has 1 amide bonds. The van der Waals surface area contributed by atoms with Crippen LogP contribution in [0.1, 0.15) is 41.8 Å². The van der Waals surface area contributed by atoms with Gasteiger partial charge in [-0.25, -0.2) is 9.97 Å². The molecular formula is C24H24N4O2S. The zero-order valence-corrected chi connectivity index (χ0v) is 18.0. The van der Waals surface area contributed by atoms with Gasteiger partial charge in [0.1, 0.15) is 5.82 Å². The van der Waals surface area contributed by atoms with Crippen molar-refractivity contribution < 1.29 is 9.21 Å². The van der Waals surface area contributed by atoms with E-state index >= 15 is 0 Å². The smallest absolute Gasteiger partial charge is 0.287 e. The molecule has 1 aliphatic heterocycles. The molecule has 1 aliphatic rings. The number of nitrogens with zero attached hydrogens (tertiary/aromatic N) is 3. The maximum atomic E-state index is 12.5. The third kappa shape index (κ3) is 4.46. The lowest BCUT2D eigenvalue weighted by molar-refractivity contribution is 0.0924. The predicted molar refractivity (Wildman–Crippen MR) is 123 cm³/mol. The summed E-state index contributed by atoms with van der Waals surface area (Å²) in [6.45, 7) is 2.54. The Morgan fingerprint density at radius 2 is 1.87 bits per heavy atom. The highest BCUT2D eigenvalue weighted by Gasteiger charge is 2.15. The van der Waals surface area contributed by atoms with Crippen LogP contribution in [0.5, 0.6) is 0 Å². The maximum absolute atomic E-state index is 12.5. The lowest BCUT2D eigenvalue weighted by Crippen LogP contribution is -2.25. The second-order valence-electron chi connectivity index (χ2n) is 7.76. The van der Waals surface area contributed by atoms with Crippen molar-refractivity contribution in [1.29, 1.82) is 0 Å². The summed E-state index contributed by atoms with van der Waals surface area (Å²) in [5.74, 6) is 1.66.